The van der Waals surface area contributed by atoms with Gasteiger partial charge in [0.15, 0.2) is 0 Å². The minimum Gasteiger partial charge on any atom is -0.493 e. The SMILES string of the molecule is CN1CCCC1CCOc1cc(Br)cc(C(=O)O)c1. The predicted molar refractivity (Wildman–Crippen MR) is 76.9 cm³/mol. The second-order valence-electron chi connectivity index (χ2n) is 4.89. The van der Waals surface area contributed by atoms with Crippen molar-refractivity contribution in [1.82, 2.24) is 4.90 Å². The largest absolute Gasteiger partial charge is 0.493 e. The van der Waals surface area contributed by atoms with E-state index in [2.05, 4.69) is 27.9 Å². The Bertz CT molecular complexity index is 464. The fourth-order valence-corrected chi connectivity index (χ4v) is 2.90. The van der Waals surface area contributed by atoms with Crippen LogP contribution >= 0.6 is 15.9 Å². The fourth-order valence-electron chi connectivity index (χ4n) is 2.43. The van der Waals surface area contributed by atoms with E-state index in [0.29, 0.717) is 18.4 Å². The average molecular weight is 328 g/mol. The third kappa shape index (κ3) is 3.94. The summed E-state index contributed by atoms with van der Waals surface area (Å²) in [7, 11) is 2.14. The van der Waals surface area contributed by atoms with Gasteiger partial charge in [0.1, 0.15) is 5.75 Å². The Morgan fingerprint density at radius 3 is 2.95 bits per heavy atom. The Labute approximate surface area is 121 Å². The van der Waals surface area contributed by atoms with E-state index in [0.717, 1.165) is 17.4 Å². The van der Waals surface area contributed by atoms with Crippen molar-refractivity contribution in [3.63, 3.8) is 0 Å². The lowest BCUT2D eigenvalue weighted by Crippen LogP contribution is -2.26. The van der Waals surface area contributed by atoms with E-state index >= 15 is 0 Å². The molecule has 0 aromatic heterocycles. The molecule has 5 heteroatoms. The summed E-state index contributed by atoms with van der Waals surface area (Å²) in [5.74, 6) is -0.339. The molecule has 0 radical (unpaired) electrons. The first-order valence-corrected chi connectivity index (χ1v) is 7.22. The summed E-state index contributed by atoms with van der Waals surface area (Å²) in [5.41, 5.74) is 0.238. The van der Waals surface area contributed by atoms with Crippen LogP contribution in [0.5, 0.6) is 5.75 Å². The molecule has 1 fully saturated rings. The highest BCUT2D eigenvalue weighted by Gasteiger charge is 2.20. The molecular formula is C14H18BrNO3. The molecular weight excluding hydrogens is 310 g/mol. The number of likely N-dealkylation sites (tertiary alicyclic amines) is 1. The molecule has 4 nitrogen and oxygen atoms in total. The molecule has 0 saturated carbocycles. The number of benzene rings is 1. The standard InChI is InChI=1S/C14H18BrNO3/c1-16-5-2-3-12(16)4-6-19-13-8-10(14(17)18)7-11(15)9-13/h7-9,12H,2-6H2,1H3,(H,17,18). The summed E-state index contributed by atoms with van der Waals surface area (Å²) in [6.07, 6.45) is 3.45. The Hall–Kier alpha value is -1.07. The highest BCUT2D eigenvalue weighted by Crippen LogP contribution is 2.23. The molecule has 19 heavy (non-hydrogen) atoms. The van der Waals surface area contributed by atoms with Gasteiger partial charge >= 0.3 is 5.97 Å². The van der Waals surface area contributed by atoms with Crippen LogP contribution in [0.25, 0.3) is 0 Å². The van der Waals surface area contributed by atoms with Crippen LogP contribution in [0, 0.1) is 0 Å². The summed E-state index contributed by atoms with van der Waals surface area (Å²) in [6.45, 7) is 1.77. The number of nitrogens with zero attached hydrogens (tertiary/aromatic N) is 1. The molecule has 0 amide bonds. The maximum absolute atomic E-state index is 10.9. The number of aromatic carboxylic acids is 1. The van der Waals surface area contributed by atoms with Crippen LogP contribution in [0.15, 0.2) is 22.7 Å². The highest BCUT2D eigenvalue weighted by atomic mass is 79.9. The molecule has 1 N–H and O–H groups in total. The number of hydrogen-bond donors (Lipinski definition) is 1. The molecule has 0 spiro atoms. The molecule has 0 aliphatic carbocycles. The van der Waals surface area contributed by atoms with Crippen LogP contribution < -0.4 is 4.74 Å². The van der Waals surface area contributed by atoms with E-state index < -0.39 is 5.97 Å². The number of hydrogen-bond acceptors (Lipinski definition) is 3. The van der Waals surface area contributed by atoms with Crippen LogP contribution in [0.3, 0.4) is 0 Å². The first-order chi connectivity index (χ1) is 9.06. The zero-order valence-corrected chi connectivity index (χ0v) is 12.5. The minimum atomic E-state index is -0.943. The van der Waals surface area contributed by atoms with E-state index in [-0.39, 0.29) is 5.56 Å². The van der Waals surface area contributed by atoms with Crippen molar-refractivity contribution < 1.29 is 14.6 Å². The maximum Gasteiger partial charge on any atom is 0.335 e. The number of halogens is 1. The lowest BCUT2D eigenvalue weighted by Gasteiger charge is -2.19. The molecule has 1 aromatic rings. The Balaban J connectivity index is 1.90. The number of rotatable bonds is 5. The monoisotopic (exact) mass is 327 g/mol. The van der Waals surface area contributed by atoms with Gasteiger partial charge in [0.25, 0.3) is 0 Å². The summed E-state index contributed by atoms with van der Waals surface area (Å²) in [6, 6.07) is 5.52. The van der Waals surface area contributed by atoms with Crippen molar-refractivity contribution in [3.8, 4) is 5.75 Å². The van der Waals surface area contributed by atoms with Gasteiger partial charge in [0.2, 0.25) is 0 Å². The first kappa shape index (κ1) is 14.3. The Kier molecular flexibility index (Phi) is 4.82. The van der Waals surface area contributed by atoms with Crippen molar-refractivity contribution in [2.45, 2.75) is 25.3 Å². The van der Waals surface area contributed by atoms with Crippen LogP contribution in [0.4, 0.5) is 0 Å². The molecule has 0 bridgehead atoms. The normalized spacial score (nSPS) is 19.6. The van der Waals surface area contributed by atoms with E-state index in [1.54, 1.807) is 18.2 Å². The third-order valence-corrected chi connectivity index (χ3v) is 3.97. The van der Waals surface area contributed by atoms with Gasteiger partial charge in [-0.05, 0) is 51.1 Å². The number of carboxylic acid groups (broad SMARTS) is 1. The number of ether oxygens (including phenoxy) is 1. The zero-order valence-electron chi connectivity index (χ0n) is 10.9. The molecule has 1 atom stereocenters. The number of carboxylic acids is 1. The lowest BCUT2D eigenvalue weighted by molar-refractivity contribution is 0.0696. The number of carbonyl (C=O) groups is 1. The molecule has 1 saturated heterocycles. The van der Waals surface area contributed by atoms with Crippen molar-refractivity contribution in [2.75, 3.05) is 20.2 Å². The van der Waals surface area contributed by atoms with Crippen molar-refractivity contribution in [2.24, 2.45) is 0 Å². The summed E-state index contributed by atoms with van der Waals surface area (Å²) < 4.78 is 6.39. The quantitative estimate of drug-likeness (QED) is 0.903. The summed E-state index contributed by atoms with van der Waals surface area (Å²) >= 11 is 3.30. The van der Waals surface area contributed by atoms with Crippen molar-refractivity contribution >= 4 is 21.9 Å². The summed E-state index contributed by atoms with van der Waals surface area (Å²) in [4.78, 5) is 13.3. The predicted octanol–water partition coefficient (Wildman–Crippen LogP) is 3.01. The van der Waals surface area contributed by atoms with Gasteiger partial charge in [-0.15, -0.1) is 0 Å². The van der Waals surface area contributed by atoms with E-state index in [1.807, 2.05) is 0 Å². The topological polar surface area (TPSA) is 49.8 Å². The fraction of sp³-hybridized carbons (Fsp3) is 0.500. The van der Waals surface area contributed by atoms with E-state index in [9.17, 15) is 4.79 Å². The smallest absolute Gasteiger partial charge is 0.335 e. The van der Waals surface area contributed by atoms with Gasteiger partial charge in [-0.3, -0.25) is 0 Å². The van der Waals surface area contributed by atoms with Crippen molar-refractivity contribution in [3.05, 3.63) is 28.2 Å². The van der Waals surface area contributed by atoms with Crippen LogP contribution in [0.1, 0.15) is 29.6 Å². The minimum absolute atomic E-state index is 0.238. The average Bonchev–Trinajstić information content (AvgIpc) is 2.74. The second-order valence-corrected chi connectivity index (χ2v) is 5.81. The first-order valence-electron chi connectivity index (χ1n) is 6.43. The maximum atomic E-state index is 10.9. The molecule has 104 valence electrons. The molecule has 2 rings (SSSR count). The lowest BCUT2D eigenvalue weighted by atomic mass is 10.1. The van der Waals surface area contributed by atoms with Crippen molar-refractivity contribution in [1.29, 1.82) is 0 Å². The van der Waals surface area contributed by atoms with Gasteiger partial charge < -0.3 is 14.7 Å². The Morgan fingerprint density at radius 2 is 2.32 bits per heavy atom. The molecule has 1 aromatic carbocycles. The van der Waals surface area contributed by atoms with Crippen LogP contribution in [0.2, 0.25) is 0 Å². The Morgan fingerprint density at radius 1 is 1.53 bits per heavy atom. The van der Waals surface area contributed by atoms with Gasteiger partial charge in [-0.1, -0.05) is 15.9 Å². The molecule has 1 aliphatic rings. The molecule has 1 unspecified atom stereocenters. The van der Waals surface area contributed by atoms with E-state index in [4.69, 9.17) is 9.84 Å². The zero-order chi connectivity index (χ0) is 13.8. The molecule has 1 aliphatic heterocycles. The highest BCUT2D eigenvalue weighted by molar-refractivity contribution is 9.10. The van der Waals surface area contributed by atoms with Gasteiger partial charge in [0, 0.05) is 10.5 Å². The van der Waals surface area contributed by atoms with Crippen LogP contribution in [-0.4, -0.2) is 42.2 Å². The summed E-state index contributed by atoms with van der Waals surface area (Å²) in [5, 5.41) is 8.98. The van der Waals surface area contributed by atoms with Gasteiger partial charge in [-0.25, -0.2) is 4.79 Å². The van der Waals surface area contributed by atoms with Gasteiger partial charge in [0.05, 0.1) is 12.2 Å². The van der Waals surface area contributed by atoms with Crippen LogP contribution in [-0.2, 0) is 0 Å². The van der Waals surface area contributed by atoms with E-state index in [1.165, 1.54) is 12.8 Å². The molecule has 1 heterocycles. The van der Waals surface area contributed by atoms with Gasteiger partial charge in [-0.2, -0.15) is 0 Å². The second kappa shape index (κ2) is 6.39. The third-order valence-electron chi connectivity index (χ3n) is 3.51.